The van der Waals surface area contributed by atoms with Crippen molar-refractivity contribution in [3.63, 3.8) is 0 Å². The first kappa shape index (κ1) is 18.2. The van der Waals surface area contributed by atoms with Crippen LogP contribution in [0, 0.1) is 17.1 Å². The number of rotatable bonds is 4. The highest BCUT2D eigenvalue weighted by atomic mass is 32.2. The number of hydrogen-bond acceptors (Lipinski definition) is 5. The van der Waals surface area contributed by atoms with E-state index < -0.39 is 5.82 Å². The topological polar surface area (TPSA) is 57.4 Å². The zero-order valence-corrected chi connectivity index (χ0v) is 15.6. The van der Waals surface area contributed by atoms with Gasteiger partial charge in [-0.3, -0.25) is 0 Å². The summed E-state index contributed by atoms with van der Waals surface area (Å²) in [7, 11) is 0. The van der Waals surface area contributed by atoms with Crippen LogP contribution in [0.1, 0.15) is 28.4 Å². The summed E-state index contributed by atoms with van der Waals surface area (Å²) < 4.78 is 24.5. The fraction of sp³-hybridized carbons (Fsp3) is 0.333. The smallest absolute Gasteiger partial charge is 0.141 e. The van der Waals surface area contributed by atoms with Crippen LogP contribution in [-0.2, 0) is 11.2 Å². The largest absolute Gasteiger partial charge is 0.375 e. The summed E-state index contributed by atoms with van der Waals surface area (Å²) in [6, 6.07) is 12.9. The fourth-order valence-electron chi connectivity index (χ4n) is 3.66. The van der Waals surface area contributed by atoms with Gasteiger partial charge in [-0.2, -0.15) is 5.26 Å². The minimum Gasteiger partial charge on any atom is -0.375 e. The molecular weight excluding hydrogens is 361 g/mol. The Hall–Kier alpha value is -2.20. The van der Waals surface area contributed by atoms with Gasteiger partial charge < -0.3 is 10.1 Å². The molecule has 2 unspecified atom stereocenters. The molecule has 0 bridgehead atoms. The number of nitrogens with one attached hydrogen (secondary N) is 1. The van der Waals surface area contributed by atoms with E-state index in [1.54, 1.807) is 18.0 Å². The molecule has 0 radical (unpaired) electrons. The first-order valence-electron chi connectivity index (χ1n) is 9.08. The zero-order chi connectivity index (χ0) is 18.6. The molecule has 138 valence electrons. The number of nitrogens with zero attached hydrogens (tertiary/aromatic N) is 2. The summed E-state index contributed by atoms with van der Waals surface area (Å²) in [4.78, 5) is 0. The SMILES string of the molecule is N#Cc1ccc(-c2cccc(CC3CNCCO3)c2C2CC=NS2)cc1F. The molecule has 0 aliphatic carbocycles. The van der Waals surface area contributed by atoms with Crippen LogP contribution in [0.5, 0.6) is 0 Å². The third kappa shape index (κ3) is 3.91. The molecule has 27 heavy (non-hydrogen) atoms. The van der Waals surface area contributed by atoms with Crippen LogP contribution < -0.4 is 5.32 Å². The fourth-order valence-corrected chi connectivity index (χ4v) is 4.54. The first-order valence-corrected chi connectivity index (χ1v) is 9.91. The molecule has 6 heteroatoms. The van der Waals surface area contributed by atoms with Crippen molar-refractivity contribution >= 4 is 18.2 Å². The predicted octanol–water partition coefficient (Wildman–Crippen LogP) is 4.06. The van der Waals surface area contributed by atoms with Crippen LogP contribution in [0.2, 0.25) is 0 Å². The first-order chi connectivity index (χ1) is 13.3. The number of morpholine rings is 1. The second-order valence-electron chi connectivity index (χ2n) is 6.70. The molecule has 2 aliphatic rings. The van der Waals surface area contributed by atoms with E-state index in [4.69, 9.17) is 10.00 Å². The van der Waals surface area contributed by atoms with Crippen LogP contribution in [0.15, 0.2) is 40.8 Å². The Morgan fingerprint density at radius 3 is 2.96 bits per heavy atom. The van der Waals surface area contributed by atoms with Gasteiger partial charge >= 0.3 is 0 Å². The molecule has 0 aromatic heterocycles. The second kappa shape index (κ2) is 8.22. The monoisotopic (exact) mass is 381 g/mol. The summed E-state index contributed by atoms with van der Waals surface area (Å²) >= 11 is 1.56. The van der Waals surface area contributed by atoms with Gasteiger partial charge in [-0.15, -0.1) is 0 Å². The highest BCUT2D eigenvalue weighted by Crippen LogP contribution is 2.43. The van der Waals surface area contributed by atoms with Gasteiger partial charge in [0, 0.05) is 32.1 Å². The third-order valence-electron chi connectivity index (χ3n) is 4.95. The minimum absolute atomic E-state index is 0.0664. The molecule has 2 aromatic carbocycles. The van der Waals surface area contributed by atoms with Crippen molar-refractivity contribution in [2.75, 3.05) is 19.7 Å². The zero-order valence-electron chi connectivity index (χ0n) is 14.8. The summed E-state index contributed by atoms with van der Waals surface area (Å²) in [5, 5.41) is 12.6. The summed E-state index contributed by atoms with van der Waals surface area (Å²) in [5.41, 5.74) is 4.27. The predicted molar refractivity (Wildman–Crippen MR) is 106 cm³/mol. The van der Waals surface area contributed by atoms with Gasteiger partial charge in [0.25, 0.3) is 0 Å². The normalized spacial score (nSPS) is 21.9. The van der Waals surface area contributed by atoms with Crippen molar-refractivity contribution in [2.45, 2.75) is 24.2 Å². The van der Waals surface area contributed by atoms with E-state index in [2.05, 4.69) is 15.8 Å². The van der Waals surface area contributed by atoms with E-state index in [9.17, 15) is 4.39 Å². The molecule has 4 nitrogen and oxygen atoms in total. The molecule has 2 atom stereocenters. The van der Waals surface area contributed by atoms with Crippen molar-refractivity contribution in [2.24, 2.45) is 4.40 Å². The highest BCUT2D eigenvalue weighted by molar-refractivity contribution is 7.98. The minimum atomic E-state index is -0.485. The van der Waals surface area contributed by atoms with Crippen molar-refractivity contribution in [1.82, 2.24) is 5.32 Å². The van der Waals surface area contributed by atoms with Crippen molar-refractivity contribution in [1.29, 1.82) is 5.26 Å². The molecule has 1 fully saturated rings. The molecule has 0 saturated carbocycles. The molecule has 1 N–H and O–H groups in total. The Morgan fingerprint density at radius 2 is 2.26 bits per heavy atom. The van der Waals surface area contributed by atoms with Gasteiger partial charge in [0.05, 0.1) is 23.5 Å². The summed E-state index contributed by atoms with van der Waals surface area (Å²) in [5.74, 6) is -0.485. The van der Waals surface area contributed by atoms with Crippen molar-refractivity contribution in [3.8, 4) is 17.2 Å². The van der Waals surface area contributed by atoms with E-state index in [-0.39, 0.29) is 16.9 Å². The van der Waals surface area contributed by atoms with E-state index in [0.29, 0.717) is 0 Å². The molecule has 2 aliphatic heterocycles. The summed E-state index contributed by atoms with van der Waals surface area (Å²) in [6.07, 6.45) is 3.75. The molecular formula is C21H20FN3OS. The van der Waals surface area contributed by atoms with Gasteiger partial charge in [-0.05, 0) is 46.3 Å². The number of halogens is 1. The number of hydrogen-bond donors (Lipinski definition) is 1. The lowest BCUT2D eigenvalue weighted by molar-refractivity contribution is 0.0291. The van der Waals surface area contributed by atoms with Crippen LogP contribution in [0.4, 0.5) is 4.39 Å². The van der Waals surface area contributed by atoms with E-state index in [1.165, 1.54) is 17.2 Å². The van der Waals surface area contributed by atoms with E-state index in [1.807, 2.05) is 30.5 Å². The van der Waals surface area contributed by atoms with Crippen LogP contribution in [-0.4, -0.2) is 32.0 Å². The molecule has 1 saturated heterocycles. The standard InChI is InChI=1S/C21H20FN3OS/c22-19-11-14(4-5-16(19)12-23)18-3-1-2-15(10-17-13-24-8-9-26-17)21(18)20-6-7-25-27-20/h1-5,7,11,17,20,24H,6,8-10,13H2. The lowest BCUT2D eigenvalue weighted by Gasteiger charge is -2.26. The van der Waals surface area contributed by atoms with Crippen molar-refractivity contribution in [3.05, 3.63) is 58.9 Å². The Morgan fingerprint density at radius 1 is 1.33 bits per heavy atom. The second-order valence-corrected chi connectivity index (χ2v) is 7.69. The molecule has 4 rings (SSSR count). The number of ether oxygens (including phenoxy) is 1. The van der Waals surface area contributed by atoms with Gasteiger partial charge in [0.1, 0.15) is 11.9 Å². The van der Waals surface area contributed by atoms with E-state index >= 15 is 0 Å². The average molecular weight is 381 g/mol. The van der Waals surface area contributed by atoms with Crippen LogP contribution in [0.3, 0.4) is 0 Å². The number of benzene rings is 2. The van der Waals surface area contributed by atoms with Crippen molar-refractivity contribution < 1.29 is 9.13 Å². The lowest BCUT2D eigenvalue weighted by Crippen LogP contribution is -2.39. The maximum atomic E-state index is 14.2. The Labute approximate surface area is 162 Å². The molecule has 0 spiro atoms. The van der Waals surface area contributed by atoms with Crippen LogP contribution in [0.25, 0.3) is 11.1 Å². The Bertz CT molecular complexity index is 895. The Kier molecular flexibility index (Phi) is 5.53. The third-order valence-corrected chi connectivity index (χ3v) is 5.91. The van der Waals surface area contributed by atoms with Gasteiger partial charge in [0.15, 0.2) is 0 Å². The van der Waals surface area contributed by atoms with Gasteiger partial charge in [-0.25, -0.2) is 8.79 Å². The molecule has 0 amide bonds. The lowest BCUT2D eigenvalue weighted by atomic mass is 9.89. The van der Waals surface area contributed by atoms with Gasteiger partial charge in [-0.1, -0.05) is 24.3 Å². The quantitative estimate of drug-likeness (QED) is 0.812. The van der Waals surface area contributed by atoms with Gasteiger partial charge in [0.2, 0.25) is 0 Å². The van der Waals surface area contributed by atoms with Crippen LogP contribution >= 0.6 is 11.9 Å². The average Bonchev–Trinajstić information content (AvgIpc) is 3.23. The molecule has 2 aromatic rings. The Balaban J connectivity index is 1.75. The molecule has 2 heterocycles. The maximum absolute atomic E-state index is 14.2. The number of nitriles is 1. The maximum Gasteiger partial charge on any atom is 0.141 e. The van der Waals surface area contributed by atoms with E-state index in [0.717, 1.165) is 43.7 Å². The summed E-state index contributed by atoms with van der Waals surface area (Å²) in [6.45, 7) is 2.45. The highest BCUT2D eigenvalue weighted by Gasteiger charge is 2.25.